The predicted molar refractivity (Wildman–Crippen MR) is 396 cm³/mol. The third-order valence-corrected chi connectivity index (χ3v) is 18.9. The van der Waals surface area contributed by atoms with Crippen molar-refractivity contribution in [2.24, 2.45) is 0 Å². The Morgan fingerprint density at radius 3 is 1.00 bits per heavy atom. The summed E-state index contributed by atoms with van der Waals surface area (Å²) in [5, 5.41) is 2.60. The summed E-state index contributed by atoms with van der Waals surface area (Å²) >= 11 is 0. The summed E-state index contributed by atoms with van der Waals surface area (Å²) in [6, 6.07) is 79.2. The van der Waals surface area contributed by atoms with Crippen LogP contribution in [0.5, 0.6) is 0 Å². The number of hydrogen-bond donors (Lipinski definition) is 1. The van der Waals surface area contributed by atoms with Crippen molar-refractivity contribution in [1.82, 2.24) is 5.32 Å². The average molecular weight is 1430 g/mol. The van der Waals surface area contributed by atoms with Crippen LogP contribution in [-0.2, 0) is 133 Å². The number of amides is 1. The number of ether oxygens (including phenoxy) is 15. The normalized spacial score (nSPS) is 24.6. The lowest BCUT2D eigenvalue weighted by atomic mass is 9.95. The molecule has 0 radical (unpaired) electrons. The number of rotatable bonds is 42. The van der Waals surface area contributed by atoms with Gasteiger partial charge in [-0.05, 0) is 57.9 Å². The second-order valence-corrected chi connectivity index (χ2v) is 26.8. The van der Waals surface area contributed by atoms with E-state index in [2.05, 4.69) is 12.2 Å². The molecule has 0 aliphatic carbocycles. The molecule has 0 spiro atoms. The number of hydrogen-bond acceptors (Lipinski definition) is 17. The fraction of sp³-hybridized carbons (Fsp3) is 0.425. The Morgan fingerprint density at radius 1 is 0.333 bits per heavy atom. The molecule has 15 atom stereocenters. The van der Waals surface area contributed by atoms with Crippen LogP contribution in [0.1, 0.15) is 110 Å². The summed E-state index contributed by atoms with van der Waals surface area (Å²) in [6.07, 6.45) is -9.51. The first-order chi connectivity index (χ1) is 51.7. The summed E-state index contributed by atoms with van der Waals surface area (Å²) < 4.78 is 108. The number of benzene rings is 8. The smallest absolute Gasteiger partial charge is 0.306 e. The zero-order chi connectivity index (χ0) is 72.5. The van der Waals surface area contributed by atoms with E-state index in [-0.39, 0.29) is 84.8 Å². The van der Waals surface area contributed by atoms with Crippen LogP contribution in [0.25, 0.3) is 0 Å². The van der Waals surface area contributed by atoms with Crippen LogP contribution in [0, 0.1) is 0 Å². The van der Waals surface area contributed by atoms with Gasteiger partial charge in [-0.25, -0.2) is 0 Å². The molecule has 3 saturated heterocycles. The lowest BCUT2D eigenvalue weighted by Crippen LogP contribution is -2.68. The minimum absolute atomic E-state index is 0.0397. The van der Waals surface area contributed by atoms with Crippen molar-refractivity contribution in [3.05, 3.63) is 287 Å². The first kappa shape index (κ1) is 78.2. The maximum Gasteiger partial charge on any atom is 0.306 e. The van der Waals surface area contributed by atoms with Gasteiger partial charge in [0, 0.05) is 20.1 Å². The first-order valence-electron chi connectivity index (χ1n) is 37.2. The molecule has 0 saturated carbocycles. The Kier molecular flexibility index (Phi) is 32.1. The summed E-state index contributed by atoms with van der Waals surface area (Å²) in [4.78, 5) is 26.6. The fourth-order valence-corrected chi connectivity index (χ4v) is 13.2. The Labute approximate surface area is 619 Å². The monoisotopic (exact) mass is 1430 g/mol. The van der Waals surface area contributed by atoms with E-state index in [1.807, 2.05) is 243 Å². The van der Waals surface area contributed by atoms with Crippen molar-refractivity contribution in [2.45, 2.75) is 210 Å². The van der Waals surface area contributed by atoms with Gasteiger partial charge in [0.1, 0.15) is 61.0 Å². The number of carbonyl (C=O) groups is 2. The lowest BCUT2D eigenvalue weighted by molar-refractivity contribution is -0.393. The maximum atomic E-state index is 14.0. The Balaban J connectivity index is 1.03. The maximum absolute atomic E-state index is 14.0. The van der Waals surface area contributed by atoms with E-state index in [0.717, 1.165) is 76.6 Å². The van der Waals surface area contributed by atoms with Crippen molar-refractivity contribution in [1.29, 1.82) is 0 Å². The quantitative estimate of drug-likeness (QED) is 0.0281. The molecule has 18 nitrogen and oxygen atoms in total. The van der Waals surface area contributed by atoms with Crippen molar-refractivity contribution < 1.29 is 80.6 Å². The van der Waals surface area contributed by atoms with Gasteiger partial charge in [-0.1, -0.05) is 282 Å². The predicted octanol–water partition coefficient (Wildman–Crippen LogP) is 14.7. The van der Waals surface area contributed by atoms with Crippen LogP contribution in [-0.4, -0.2) is 131 Å². The fourth-order valence-electron chi connectivity index (χ4n) is 13.2. The molecule has 1 N–H and O–H groups in total. The minimum atomic E-state index is -1.31. The topological polar surface area (TPSA) is 185 Å². The van der Waals surface area contributed by atoms with Crippen molar-refractivity contribution in [3.8, 4) is 0 Å². The van der Waals surface area contributed by atoms with Crippen LogP contribution < -0.4 is 5.32 Å². The second kappa shape index (κ2) is 43.1. The number of nitrogens with one attached hydrogen (secondary N) is 1. The number of esters is 1. The second-order valence-electron chi connectivity index (χ2n) is 26.8. The van der Waals surface area contributed by atoms with E-state index in [0.29, 0.717) is 6.61 Å². The van der Waals surface area contributed by atoms with Gasteiger partial charge < -0.3 is 76.4 Å². The molecule has 8 aromatic rings. The largest absolute Gasteiger partial charge is 0.457 e. The average Bonchev–Trinajstić information content (AvgIpc) is 0.766. The van der Waals surface area contributed by atoms with Gasteiger partial charge in [-0.2, -0.15) is 0 Å². The third-order valence-electron chi connectivity index (χ3n) is 18.9. The molecule has 1 amide bonds. The molecule has 18 heteroatoms. The standard InChI is InChI=1S/C87H103NO17/c1-4-5-6-7-8-33-52-93-85-82(97-58-69-44-27-14-28-45-69)80(95-56-67-40-23-12-24-41-67)77(72(101-85)61-91-53-64-34-17-9-18-35-64)105-87-84(99-60-71-48-31-16-32-49-71)81(96-57-68-42-25-13-26-43-68)78(73(102-87)62-92-54-65-36-19-10-20-37-65)104-86-83(98-59-70-46-29-15-30-47-70)79(94-55-66-38-21-11-22-39-66)76(63(2)100-86)103-75(90)51-50-74(89)88-3/h9-32,34-49,63,72-73,76-87H,4-8,33,50-62H2,1-3H3,(H,88,89)/t63?,72?,73-,76+,77+,78-,79-,80+,81?,82?,83?,84?,85?,86?,87?/m1/s1. The van der Waals surface area contributed by atoms with E-state index < -0.39 is 98.1 Å². The highest BCUT2D eigenvalue weighted by molar-refractivity contribution is 5.81. The Morgan fingerprint density at radius 2 is 0.638 bits per heavy atom. The van der Waals surface area contributed by atoms with Gasteiger partial charge in [0.05, 0.1) is 78.6 Å². The number of carbonyl (C=O) groups excluding carboxylic acids is 2. The summed E-state index contributed by atoms with van der Waals surface area (Å²) in [6.45, 7) is 5.62. The van der Waals surface area contributed by atoms with Crippen LogP contribution in [0.2, 0.25) is 0 Å². The Bertz CT molecular complexity index is 3670. The summed E-state index contributed by atoms with van der Waals surface area (Å²) in [5.41, 5.74) is 7.24. The molecule has 8 aromatic carbocycles. The van der Waals surface area contributed by atoms with Crippen LogP contribution in [0.3, 0.4) is 0 Å². The molecule has 11 rings (SSSR count). The minimum Gasteiger partial charge on any atom is -0.457 e. The first-order valence-corrected chi connectivity index (χ1v) is 37.2. The zero-order valence-electron chi connectivity index (χ0n) is 60.6. The van der Waals surface area contributed by atoms with Gasteiger partial charge >= 0.3 is 5.97 Å². The van der Waals surface area contributed by atoms with Crippen LogP contribution >= 0.6 is 0 Å². The van der Waals surface area contributed by atoms with Gasteiger partial charge in [0.25, 0.3) is 0 Å². The molecule has 558 valence electrons. The zero-order valence-corrected chi connectivity index (χ0v) is 60.6. The molecule has 0 bridgehead atoms. The van der Waals surface area contributed by atoms with E-state index in [1.54, 1.807) is 6.92 Å². The van der Waals surface area contributed by atoms with Crippen LogP contribution in [0.4, 0.5) is 0 Å². The van der Waals surface area contributed by atoms with E-state index in [1.165, 1.54) is 13.5 Å². The molecular formula is C87H103NO17. The van der Waals surface area contributed by atoms with Gasteiger partial charge in [-0.15, -0.1) is 0 Å². The summed E-state index contributed by atoms with van der Waals surface area (Å²) in [7, 11) is 1.53. The molecule has 0 aromatic heterocycles. The third kappa shape index (κ3) is 24.6. The van der Waals surface area contributed by atoms with E-state index >= 15 is 0 Å². The van der Waals surface area contributed by atoms with Crippen molar-refractivity contribution in [2.75, 3.05) is 26.9 Å². The molecular weight excluding hydrogens is 1330 g/mol. The van der Waals surface area contributed by atoms with Gasteiger partial charge in [-0.3, -0.25) is 9.59 Å². The number of unbranched alkanes of at least 4 members (excludes halogenated alkanes) is 5. The molecule has 3 aliphatic rings. The molecule has 9 unspecified atom stereocenters. The summed E-state index contributed by atoms with van der Waals surface area (Å²) in [5.74, 6) is -0.922. The molecule has 3 heterocycles. The lowest BCUT2D eigenvalue weighted by Gasteiger charge is -2.51. The molecule has 3 fully saturated rings. The molecule has 3 aliphatic heterocycles. The Hall–Kier alpha value is -7.86. The SMILES string of the molecule is CCCCCCCCOC1OC(COCc2ccccc2)[C@H](OC2O[C@H](COCc3ccccc3)[C@@H](OC3OC(C)[C@H](OC(=O)CCC(=O)NC)[C@@H](OCc4ccccc4)C3OCc3ccccc3)C(OCc3ccccc3)C2OCc2ccccc2)[C@H](OCc2ccccc2)C1OCc1ccccc1. The van der Waals surface area contributed by atoms with Crippen molar-refractivity contribution in [3.63, 3.8) is 0 Å². The highest BCUT2D eigenvalue weighted by Crippen LogP contribution is 2.40. The van der Waals surface area contributed by atoms with Crippen LogP contribution in [0.15, 0.2) is 243 Å². The van der Waals surface area contributed by atoms with Crippen molar-refractivity contribution >= 4 is 11.9 Å². The highest BCUT2D eigenvalue weighted by Gasteiger charge is 2.57. The highest BCUT2D eigenvalue weighted by atomic mass is 16.8. The molecule has 105 heavy (non-hydrogen) atoms. The van der Waals surface area contributed by atoms with E-state index in [4.69, 9.17) is 71.1 Å². The van der Waals surface area contributed by atoms with E-state index in [9.17, 15) is 9.59 Å². The van der Waals surface area contributed by atoms with Gasteiger partial charge in [0.2, 0.25) is 5.91 Å². The van der Waals surface area contributed by atoms with Gasteiger partial charge in [0.15, 0.2) is 25.0 Å².